The second-order valence-electron chi connectivity index (χ2n) is 5.26. The lowest BCUT2D eigenvalue weighted by molar-refractivity contribution is -0.115. The van der Waals surface area contributed by atoms with Crippen molar-refractivity contribution >= 4 is 23.0 Å². The number of carbonyl (C=O) groups is 1. The van der Waals surface area contributed by atoms with Gasteiger partial charge in [-0.15, -0.1) is 0 Å². The van der Waals surface area contributed by atoms with E-state index in [0.29, 0.717) is 13.0 Å². The number of hydrogen-bond acceptors (Lipinski definition) is 2. The van der Waals surface area contributed by atoms with Gasteiger partial charge < -0.3 is 10.2 Å². The Morgan fingerprint density at radius 3 is 2.65 bits per heavy atom. The van der Waals surface area contributed by atoms with Crippen LogP contribution in [0.5, 0.6) is 0 Å². The molecule has 1 amide bonds. The molecule has 0 aromatic heterocycles. The number of fused-ring (bicyclic) bond motifs is 1. The number of amides is 1. The van der Waals surface area contributed by atoms with Crippen LogP contribution >= 0.6 is 0 Å². The SMILES string of the molecule is Cc1ccc2c(c1)N(c1ccccc1C)CCC(=O)N2. The largest absolute Gasteiger partial charge is 0.339 e. The summed E-state index contributed by atoms with van der Waals surface area (Å²) in [6.07, 6.45) is 0.502. The first-order chi connectivity index (χ1) is 9.65. The summed E-state index contributed by atoms with van der Waals surface area (Å²) >= 11 is 0. The predicted octanol–water partition coefficient (Wildman–Crippen LogP) is 3.78. The lowest BCUT2D eigenvalue weighted by Crippen LogP contribution is -2.19. The zero-order valence-electron chi connectivity index (χ0n) is 11.8. The minimum absolute atomic E-state index is 0.0752. The summed E-state index contributed by atoms with van der Waals surface area (Å²) < 4.78 is 0. The molecule has 3 rings (SSSR count). The fourth-order valence-electron chi connectivity index (χ4n) is 2.63. The Bertz CT molecular complexity index is 664. The van der Waals surface area contributed by atoms with Gasteiger partial charge in [0.25, 0.3) is 0 Å². The van der Waals surface area contributed by atoms with Crippen molar-refractivity contribution in [1.29, 1.82) is 0 Å². The molecule has 0 spiro atoms. The highest BCUT2D eigenvalue weighted by Crippen LogP contribution is 2.36. The van der Waals surface area contributed by atoms with Crippen molar-refractivity contribution in [1.82, 2.24) is 0 Å². The van der Waals surface area contributed by atoms with Crippen molar-refractivity contribution in [3.05, 3.63) is 53.6 Å². The number of nitrogens with one attached hydrogen (secondary N) is 1. The lowest BCUT2D eigenvalue weighted by atomic mass is 10.1. The Kier molecular flexibility index (Phi) is 3.18. The fraction of sp³-hybridized carbons (Fsp3) is 0.235. The number of nitrogens with zero attached hydrogens (tertiary/aromatic N) is 1. The summed E-state index contributed by atoms with van der Waals surface area (Å²) in [6.45, 7) is 4.88. The average molecular weight is 266 g/mol. The summed E-state index contributed by atoms with van der Waals surface area (Å²) in [5, 5.41) is 2.99. The topological polar surface area (TPSA) is 32.3 Å². The second kappa shape index (κ2) is 5.00. The Balaban J connectivity index is 2.15. The normalized spacial score (nSPS) is 14.5. The van der Waals surface area contributed by atoms with Gasteiger partial charge in [0.15, 0.2) is 0 Å². The summed E-state index contributed by atoms with van der Waals surface area (Å²) in [6, 6.07) is 14.4. The Morgan fingerprint density at radius 2 is 1.85 bits per heavy atom. The second-order valence-corrected chi connectivity index (χ2v) is 5.26. The maximum atomic E-state index is 11.9. The van der Waals surface area contributed by atoms with Crippen LogP contribution in [-0.4, -0.2) is 12.5 Å². The predicted molar refractivity (Wildman–Crippen MR) is 82.6 cm³/mol. The molecule has 1 N–H and O–H groups in total. The number of carbonyl (C=O) groups excluding carboxylic acids is 1. The van der Waals surface area contributed by atoms with Gasteiger partial charge in [0, 0.05) is 18.7 Å². The Labute approximate surface area is 119 Å². The van der Waals surface area contributed by atoms with Gasteiger partial charge in [-0.25, -0.2) is 0 Å². The first-order valence-corrected chi connectivity index (χ1v) is 6.89. The summed E-state index contributed by atoms with van der Waals surface area (Å²) in [4.78, 5) is 14.1. The van der Waals surface area contributed by atoms with Gasteiger partial charge in [-0.2, -0.15) is 0 Å². The van der Waals surface area contributed by atoms with Gasteiger partial charge in [-0.05, 0) is 43.2 Å². The van der Waals surface area contributed by atoms with E-state index in [0.717, 1.165) is 17.1 Å². The van der Waals surface area contributed by atoms with E-state index in [2.05, 4.69) is 42.3 Å². The molecule has 3 nitrogen and oxygen atoms in total. The molecule has 3 heteroatoms. The Morgan fingerprint density at radius 1 is 1.05 bits per heavy atom. The van der Waals surface area contributed by atoms with Crippen molar-refractivity contribution in [2.75, 3.05) is 16.8 Å². The number of benzene rings is 2. The highest BCUT2D eigenvalue weighted by Gasteiger charge is 2.21. The van der Waals surface area contributed by atoms with Gasteiger partial charge in [0.2, 0.25) is 5.91 Å². The molecule has 0 saturated carbocycles. The van der Waals surface area contributed by atoms with E-state index in [-0.39, 0.29) is 5.91 Å². The van der Waals surface area contributed by atoms with Crippen LogP contribution in [0, 0.1) is 13.8 Å². The van der Waals surface area contributed by atoms with Crippen LogP contribution in [0.1, 0.15) is 17.5 Å². The molecule has 102 valence electrons. The first-order valence-electron chi connectivity index (χ1n) is 6.89. The van der Waals surface area contributed by atoms with Crippen LogP contribution in [0.15, 0.2) is 42.5 Å². The van der Waals surface area contributed by atoms with E-state index >= 15 is 0 Å². The van der Waals surface area contributed by atoms with Crippen LogP contribution < -0.4 is 10.2 Å². The first kappa shape index (κ1) is 12.7. The summed E-state index contributed by atoms with van der Waals surface area (Å²) in [5.41, 5.74) is 5.54. The third-order valence-corrected chi connectivity index (χ3v) is 3.69. The monoisotopic (exact) mass is 266 g/mol. The zero-order chi connectivity index (χ0) is 14.1. The van der Waals surface area contributed by atoms with E-state index in [1.54, 1.807) is 0 Å². The molecule has 0 radical (unpaired) electrons. The van der Waals surface area contributed by atoms with Crippen molar-refractivity contribution in [2.45, 2.75) is 20.3 Å². The maximum absolute atomic E-state index is 11.9. The van der Waals surface area contributed by atoms with Crippen LogP contribution in [0.2, 0.25) is 0 Å². The fourth-order valence-corrected chi connectivity index (χ4v) is 2.63. The third kappa shape index (κ3) is 2.27. The van der Waals surface area contributed by atoms with Crippen LogP contribution in [-0.2, 0) is 4.79 Å². The average Bonchev–Trinajstić information content (AvgIpc) is 2.58. The van der Waals surface area contributed by atoms with Crippen molar-refractivity contribution in [3.8, 4) is 0 Å². The summed E-state index contributed by atoms with van der Waals surface area (Å²) in [5.74, 6) is 0.0752. The number of hydrogen-bond donors (Lipinski definition) is 1. The zero-order valence-corrected chi connectivity index (χ0v) is 11.8. The van der Waals surface area contributed by atoms with Gasteiger partial charge in [0.05, 0.1) is 11.4 Å². The van der Waals surface area contributed by atoms with Gasteiger partial charge in [-0.1, -0.05) is 24.3 Å². The van der Waals surface area contributed by atoms with Crippen LogP contribution in [0.3, 0.4) is 0 Å². The van der Waals surface area contributed by atoms with Crippen molar-refractivity contribution in [3.63, 3.8) is 0 Å². The lowest BCUT2D eigenvalue weighted by Gasteiger charge is -2.26. The van der Waals surface area contributed by atoms with Gasteiger partial charge >= 0.3 is 0 Å². The number of rotatable bonds is 1. The van der Waals surface area contributed by atoms with E-state index in [1.165, 1.54) is 11.1 Å². The molecule has 0 atom stereocenters. The van der Waals surface area contributed by atoms with E-state index in [1.807, 2.05) is 24.3 Å². The maximum Gasteiger partial charge on any atom is 0.226 e. The number of aryl methyl sites for hydroxylation is 2. The van der Waals surface area contributed by atoms with E-state index in [4.69, 9.17) is 0 Å². The smallest absolute Gasteiger partial charge is 0.226 e. The molecule has 0 saturated heterocycles. The van der Waals surface area contributed by atoms with E-state index in [9.17, 15) is 4.79 Å². The number of para-hydroxylation sites is 1. The molecule has 20 heavy (non-hydrogen) atoms. The molecular weight excluding hydrogens is 248 g/mol. The minimum atomic E-state index is 0.0752. The molecule has 2 aromatic rings. The van der Waals surface area contributed by atoms with Crippen molar-refractivity contribution in [2.24, 2.45) is 0 Å². The molecule has 2 aromatic carbocycles. The molecule has 0 aliphatic carbocycles. The highest BCUT2D eigenvalue weighted by atomic mass is 16.1. The molecule has 1 aliphatic rings. The highest BCUT2D eigenvalue weighted by molar-refractivity contribution is 5.97. The molecule has 0 bridgehead atoms. The summed E-state index contributed by atoms with van der Waals surface area (Å²) in [7, 11) is 0. The Hall–Kier alpha value is -2.29. The molecule has 0 unspecified atom stereocenters. The number of anilines is 3. The molecular formula is C17H18N2O. The van der Waals surface area contributed by atoms with Gasteiger partial charge in [0.1, 0.15) is 0 Å². The van der Waals surface area contributed by atoms with E-state index < -0.39 is 0 Å². The molecule has 0 fully saturated rings. The van der Waals surface area contributed by atoms with Crippen LogP contribution in [0.4, 0.5) is 17.1 Å². The molecule has 1 aliphatic heterocycles. The minimum Gasteiger partial charge on any atom is -0.339 e. The van der Waals surface area contributed by atoms with Crippen LogP contribution in [0.25, 0.3) is 0 Å². The third-order valence-electron chi connectivity index (χ3n) is 3.69. The standard InChI is InChI=1S/C17H18N2O/c1-12-7-8-14-16(11-12)19(10-9-17(20)18-14)15-6-4-3-5-13(15)2/h3-8,11H,9-10H2,1-2H3,(H,18,20). The van der Waals surface area contributed by atoms with Crippen molar-refractivity contribution < 1.29 is 4.79 Å². The van der Waals surface area contributed by atoms with Gasteiger partial charge in [-0.3, -0.25) is 4.79 Å². The molecule has 1 heterocycles. The quantitative estimate of drug-likeness (QED) is 0.851.